The summed E-state index contributed by atoms with van der Waals surface area (Å²) in [4.78, 5) is 16.4. The quantitative estimate of drug-likeness (QED) is 0.829. The molecule has 1 fully saturated rings. The van der Waals surface area contributed by atoms with Crippen LogP contribution in [0.15, 0.2) is 24.3 Å². The molecule has 1 aliphatic carbocycles. The predicted octanol–water partition coefficient (Wildman–Crippen LogP) is 2.41. The monoisotopic (exact) mass is 287 g/mol. The molecule has 0 amide bonds. The summed E-state index contributed by atoms with van der Waals surface area (Å²) in [6, 6.07) is 8.49. The number of imidazole rings is 1. The van der Waals surface area contributed by atoms with Crippen molar-refractivity contribution in [3.63, 3.8) is 0 Å². The van der Waals surface area contributed by atoms with E-state index in [0.29, 0.717) is 19.0 Å². The van der Waals surface area contributed by atoms with E-state index in [-0.39, 0.29) is 12.0 Å². The molecule has 0 unspecified atom stereocenters. The van der Waals surface area contributed by atoms with Crippen molar-refractivity contribution in [2.24, 2.45) is 0 Å². The second-order valence-corrected chi connectivity index (χ2v) is 5.48. The molecule has 1 saturated carbocycles. The Morgan fingerprint density at radius 2 is 2.24 bits per heavy atom. The molecular formula is C16H21N3O2. The van der Waals surface area contributed by atoms with E-state index >= 15 is 0 Å². The lowest BCUT2D eigenvalue weighted by atomic mass is 10.2. The molecule has 0 spiro atoms. The van der Waals surface area contributed by atoms with Crippen LogP contribution in [0.1, 0.15) is 38.1 Å². The topological polar surface area (TPSA) is 56.2 Å². The third-order valence-electron chi connectivity index (χ3n) is 3.98. The van der Waals surface area contributed by atoms with Gasteiger partial charge in [-0.3, -0.25) is 10.1 Å². The summed E-state index contributed by atoms with van der Waals surface area (Å²) >= 11 is 0. The van der Waals surface area contributed by atoms with Gasteiger partial charge in [0.1, 0.15) is 11.9 Å². The van der Waals surface area contributed by atoms with Crippen molar-refractivity contribution in [2.45, 2.75) is 44.8 Å². The molecule has 1 N–H and O–H groups in total. The van der Waals surface area contributed by atoms with Gasteiger partial charge < -0.3 is 9.30 Å². The summed E-state index contributed by atoms with van der Waals surface area (Å²) in [7, 11) is 1.42. The van der Waals surface area contributed by atoms with Crippen LogP contribution in [-0.4, -0.2) is 28.7 Å². The first-order chi connectivity index (χ1) is 10.2. The van der Waals surface area contributed by atoms with Gasteiger partial charge in [0.15, 0.2) is 0 Å². The molecule has 0 aliphatic heterocycles. The fourth-order valence-electron chi connectivity index (χ4n) is 2.71. The van der Waals surface area contributed by atoms with Crippen molar-refractivity contribution in [3.05, 3.63) is 30.1 Å². The average molecular weight is 287 g/mol. The number of esters is 1. The number of benzene rings is 1. The number of aromatic nitrogens is 2. The first-order valence-electron chi connectivity index (χ1n) is 7.51. The molecule has 2 aromatic rings. The molecule has 5 heteroatoms. The lowest BCUT2D eigenvalue weighted by Crippen LogP contribution is -2.37. The van der Waals surface area contributed by atoms with Gasteiger partial charge in [-0.15, -0.1) is 0 Å². The smallest absolute Gasteiger partial charge is 0.322 e. The van der Waals surface area contributed by atoms with E-state index in [1.165, 1.54) is 25.5 Å². The molecule has 5 nitrogen and oxygen atoms in total. The minimum absolute atomic E-state index is 0.216. The maximum absolute atomic E-state index is 11.7. The molecule has 0 saturated heterocycles. The summed E-state index contributed by atoms with van der Waals surface area (Å²) in [5, 5.41) is 3.26. The van der Waals surface area contributed by atoms with E-state index in [9.17, 15) is 4.79 Å². The fraction of sp³-hybridized carbons (Fsp3) is 0.500. The number of ether oxygens (including phenoxy) is 1. The largest absolute Gasteiger partial charge is 0.468 e. The molecule has 112 valence electrons. The van der Waals surface area contributed by atoms with Gasteiger partial charge in [-0.1, -0.05) is 19.1 Å². The van der Waals surface area contributed by atoms with Crippen LogP contribution in [-0.2, 0) is 16.1 Å². The van der Waals surface area contributed by atoms with Crippen LogP contribution >= 0.6 is 0 Å². The number of carbonyl (C=O) groups excluding carboxylic acids is 1. The normalized spacial score (nSPS) is 16.1. The molecular weight excluding hydrogens is 266 g/mol. The van der Waals surface area contributed by atoms with Gasteiger partial charge in [0, 0.05) is 6.04 Å². The Labute approximate surface area is 124 Å². The number of nitrogens with zero attached hydrogens (tertiary/aromatic N) is 2. The number of rotatable bonds is 6. The summed E-state index contributed by atoms with van der Waals surface area (Å²) in [6.45, 7) is 2.55. The van der Waals surface area contributed by atoms with E-state index in [1.54, 1.807) is 0 Å². The lowest BCUT2D eigenvalue weighted by molar-refractivity contribution is -0.143. The summed E-state index contributed by atoms with van der Waals surface area (Å²) < 4.78 is 7.12. The van der Waals surface area contributed by atoms with Crippen LogP contribution < -0.4 is 5.32 Å². The predicted molar refractivity (Wildman–Crippen MR) is 80.9 cm³/mol. The lowest BCUT2D eigenvalue weighted by Gasteiger charge is -2.15. The van der Waals surface area contributed by atoms with E-state index < -0.39 is 0 Å². The zero-order valence-corrected chi connectivity index (χ0v) is 12.5. The van der Waals surface area contributed by atoms with Crippen LogP contribution in [0.25, 0.3) is 11.0 Å². The Morgan fingerprint density at radius 1 is 1.48 bits per heavy atom. The third kappa shape index (κ3) is 2.78. The molecule has 1 aromatic heterocycles. The third-order valence-corrected chi connectivity index (χ3v) is 3.98. The molecule has 0 bridgehead atoms. The maximum Gasteiger partial charge on any atom is 0.322 e. The molecule has 3 rings (SSSR count). The van der Waals surface area contributed by atoms with Gasteiger partial charge in [-0.2, -0.15) is 0 Å². The Balaban J connectivity index is 1.83. The van der Waals surface area contributed by atoms with Crippen LogP contribution in [0.5, 0.6) is 0 Å². The highest BCUT2D eigenvalue weighted by atomic mass is 16.5. The number of hydrogen-bond donors (Lipinski definition) is 1. The number of methoxy groups -OCH3 is 1. The first kappa shape index (κ1) is 14.1. The second kappa shape index (κ2) is 5.85. The molecule has 1 aromatic carbocycles. The van der Waals surface area contributed by atoms with E-state index in [1.807, 2.05) is 25.1 Å². The number of hydrogen-bond acceptors (Lipinski definition) is 4. The summed E-state index contributed by atoms with van der Waals surface area (Å²) in [5.74, 6) is 0.785. The van der Waals surface area contributed by atoms with Crippen molar-refractivity contribution in [1.82, 2.24) is 14.9 Å². The fourth-order valence-corrected chi connectivity index (χ4v) is 2.71. The highest BCUT2D eigenvalue weighted by Crippen LogP contribution is 2.38. The van der Waals surface area contributed by atoms with Crippen molar-refractivity contribution >= 4 is 17.0 Å². The van der Waals surface area contributed by atoms with Gasteiger partial charge in [0.05, 0.1) is 24.7 Å². The Bertz CT molecular complexity index is 646. The van der Waals surface area contributed by atoms with Gasteiger partial charge in [0.2, 0.25) is 0 Å². The van der Waals surface area contributed by atoms with Gasteiger partial charge in [-0.25, -0.2) is 4.98 Å². The van der Waals surface area contributed by atoms with E-state index in [0.717, 1.165) is 11.3 Å². The van der Waals surface area contributed by atoms with Crippen LogP contribution in [0.3, 0.4) is 0 Å². The van der Waals surface area contributed by atoms with Gasteiger partial charge in [0.25, 0.3) is 0 Å². The Morgan fingerprint density at radius 3 is 2.90 bits per heavy atom. The number of fused-ring (bicyclic) bond motifs is 1. The van der Waals surface area contributed by atoms with Gasteiger partial charge >= 0.3 is 5.97 Å². The molecule has 21 heavy (non-hydrogen) atoms. The first-order valence-corrected chi connectivity index (χ1v) is 7.51. The van der Waals surface area contributed by atoms with Crippen LogP contribution in [0.4, 0.5) is 0 Å². The zero-order chi connectivity index (χ0) is 14.8. The highest BCUT2D eigenvalue weighted by molar-refractivity contribution is 5.77. The highest BCUT2D eigenvalue weighted by Gasteiger charge is 2.28. The zero-order valence-electron chi connectivity index (χ0n) is 12.5. The van der Waals surface area contributed by atoms with Gasteiger partial charge in [-0.05, 0) is 31.4 Å². The van der Waals surface area contributed by atoms with Crippen LogP contribution in [0.2, 0.25) is 0 Å². The Kier molecular flexibility index (Phi) is 3.92. The maximum atomic E-state index is 11.7. The Hall–Kier alpha value is -1.88. The average Bonchev–Trinajstić information content (AvgIpc) is 3.28. The second-order valence-electron chi connectivity index (χ2n) is 5.48. The minimum Gasteiger partial charge on any atom is -0.468 e. The standard InChI is InChI=1S/C16H21N3O2/c1-3-12(16(20)21-2)17-10-15-18-13-6-4-5-7-14(13)19(15)11-8-9-11/h4-7,11-12,17H,3,8-10H2,1-2H3/t12-/m0/s1. The van der Waals surface area contributed by atoms with Crippen molar-refractivity contribution < 1.29 is 9.53 Å². The van der Waals surface area contributed by atoms with Crippen LogP contribution in [0, 0.1) is 0 Å². The SMILES string of the molecule is CC[C@H](NCc1nc2ccccc2n1C1CC1)C(=O)OC. The summed E-state index contributed by atoms with van der Waals surface area (Å²) in [6.07, 6.45) is 3.12. The van der Waals surface area contributed by atoms with Crippen molar-refractivity contribution in [2.75, 3.05) is 7.11 Å². The minimum atomic E-state index is -0.275. The number of nitrogens with one attached hydrogen (secondary N) is 1. The van der Waals surface area contributed by atoms with E-state index in [4.69, 9.17) is 9.72 Å². The molecule has 1 aliphatic rings. The molecule has 1 atom stereocenters. The van der Waals surface area contributed by atoms with Crippen molar-refractivity contribution in [3.8, 4) is 0 Å². The number of para-hydroxylation sites is 2. The summed E-state index contributed by atoms with van der Waals surface area (Å²) in [5.41, 5.74) is 2.20. The molecule has 0 radical (unpaired) electrons. The number of carbonyl (C=O) groups is 1. The van der Waals surface area contributed by atoms with Crippen molar-refractivity contribution in [1.29, 1.82) is 0 Å². The van der Waals surface area contributed by atoms with E-state index in [2.05, 4.69) is 16.0 Å². The molecule has 1 heterocycles.